The quantitative estimate of drug-likeness (QED) is 0.240. The molecule has 1 unspecified atom stereocenters. The molecule has 0 aliphatic carbocycles. The highest BCUT2D eigenvalue weighted by Gasteiger charge is 2.12. The summed E-state index contributed by atoms with van der Waals surface area (Å²) in [4.78, 5) is 12.2. The van der Waals surface area contributed by atoms with Gasteiger partial charge in [-0.05, 0) is 43.9 Å². The highest BCUT2D eigenvalue weighted by Crippen LogP contribution is 2.17. The molecule has 0 fully saturated rings. The van der Waals surface area contributed by atoms with E-state index >= 15 is 0 Å². The largest absolute Gasteiger partial charge is 0.464 e. The monoisotopic (exact) mass is 456 g/mol. The second-order valence-corrected chi connectivity index (χ2v) is 8.09. The van der Waals surface area contributed by atoms with Crippen molar-refractivity contribution in [3.8, 4) is 0 Å². The molecule has 170 valence electrons. The van der Waals surface area contributed by atoms with E-state index in [0.717, 1.165) is 36.4 Å². The summed E-state index contributed by atoms with van der Waals surface area (Å²) in [5, 5.41) is 26.6. The SMILES string of the molecule is CN(C)Cc1ccc(CSCCNC(=C[N+](=O)[O-])NCC(O)c2ccc(F)c(F)c2)o1. The molecule has 11 heteroatoms. The van der Waals surface area contributed by atoms with Crippen molar-refractivity contribution in [1.29, 1.82) is 0 Å². The van der Waals surface area contributed by atoms with E-state index in [4.69, 9.17) is 4.42 Å². The predicted octanol–water partition coefficient (Wildman–Crippen LogP) is 2.84. The second-order valence-electron chi connectivity index (χ2n) is 6.98. The van der Waals surface area contributed by atoms with Crippen LogP contribution in [0.5, 0.6) is 0 Å². The molecule has 2 rings (SSSR count). The molecule has 0 spiro atoms. The molecule has 3 N–H and O–H groups in total. The molecule has 2 aromatic rings. The van der Waals surface area contributed by atoms with Crippen LogP contribution in [0.4, 0.5) is 8.78 Å². The van der Waals surface area contributed by atoms with Gasteiger partial charge in [-0.1, -0.05) is 6.07 Å². The fourth-order valence-corrected chi connectivity index (χ4v) is 3.38. The lowest BCUT2D eigenvalue weighted by Gasteiger charge is -2.15. The summed E-state index contributed by atoms with van der Waals surface area (Å²) in [5.41, 5.74) is 0.162. The van der Waals surface area contributed by atoms with E-state index in [2.05, 4.69) is 10.6 Å². The van der Waals surface area contributed by atoms with Crippen LogP contribution in [-0.2, 0) is 12.3 Å². The maximum absolute atomic E-state index is 13.3. The normalized spacial score (nSPS) is 12.8. The van der Waals surface area contributed by atoms with E-state index in [1.807, 2.05) is 31.1 Å². The van der Waals surface area contributed by atoms with E-state index in [9.17, 15) is 24.0 Å². The van der Waals surface area contributed by atoms with Gasteiger partial charge >= 0.3 is 0 Å². The number of aliphatic hydroxyl groups excluding tert-OH is 1. The highest BCUT2D eigenvalue weighted by atomic mass is 32.2. The minimum atomic E-state index is -1.17. The van der Waals surface area contributed by atoms with Gasteiger partial charge in [0.2, 0.25) is 0 Å². The zero-order valence-electron chi connectivity index (χ0n) is 17.3. The second kappa shape index (κ2) is 12.3. The molecular formula is C20H26F2N4O4S. The average Bonchev–Trinajstić information content (AvgIpc) is 3.13. The van der Waals surface area contributed by atoms with Gasteiger partial charge < -0.3 is 25.1 Å². The molecule has 1 heterocycles. The van der Waals surface area contributed by atoms with Crippen molar-refractivity contribution in [2.45, 2.75) is 18.4 Å². The van der Waals surface area contributed by atoms with Crippen LogP contribution in [0.1, 0.15) is 23.2 Å². The van der Waals surface area contributed by atoms with Crippen molar-refractivity contribution < 1.29 is 23.2 Å². The van der Waals surface area contributed by atoms with Gasteiger partial charge in [-0.2, -0.15) is 11.8 Å². The third-order valence-electron chi connectivity index (χ3n) is 4.04. The van der Waals surface area contributed by atoms with Crippen molar-refractivity contribution in [2.75, 3.05) is 32.9 Å². The standard InChI is InChI=1S/C20H26F2N4O4S/c1-25(2)11-15-4-5-16(30-15)13-31-8-7-23-20(12-26(28)29)24-10-19(27)14-3-6-17(21)18(22)9-14/h3-6,9,12,19,23-24,27H,7-8,10-11,13H2,1-2H3. The first kappa shape index (κ1) is 24.6. The van der Waals surface area contributed by atoms with Crippen LogP contribution < -0.4 is 10.6 Å². The Labute approximate surface area is 183 Å². The van der Waals surface area contributed by atoms with Crippen LogP contribution in [0.2, 0.25) is 0 Å². The highest BCUT2D eigenvalue weighted by molar-refractivity contribution is 7.98. The third kappa shape index (κ3) is 8.95. The first-order chi connectivity index (χ1) is 14.7. The zero-order valence-corrected chi connectivity index (χ0v) is 18.1. The molecule has 0 amide bonds. The summed E-state index contributed by atoms with van der Waals surface area (Å²) in [6.45, 7) is 1.04. The molecule has 0 bridgehead atoms. The Balaban J connectivity index is 1.76. The van der Waals surface area contributed by atoms with E-state index in [0.29, 0.717) is 18.1 Å². The van der Waals surface area contributed by atoms with Crippen molar-refractivity contribution in [1.82, 2.24) is 15.5 Å². The van der Waals surface area contributed by atoms with Crippen molar-refractivity contribution in [2.24, 2.45) is 0 Å². The Morgan fingerprint density at radius 3 is 2.68 bits per heavy atom. The maximum atomic E-state index is 13.3. The number of nitro groups is 1. The predicted molar refractivity (Wildman–Crippen MR) is 115 cm³/mol. The Morgan fingerprint density at radius 2 is 2.00 bits per heavy atom. The van der Waals surface area contributed by atoms with E-state index in [-0.39, 0.29) is 17.9 Å². The van der Waals surface area contributed by atoms with Gasteiger partial charge in [0.1, 0.15) is 11.5 Å². The smallest absolute Gasteiger partial charge is 0.274 e. The zero-order chi connectivity index (χ0) is 22.8. The first-order valence-corrected chi connectivity index (χ1v) is 10.7. The van der Waals surface area contributed by atoms with Crippen LogP contribution in [-0.4, -0.2) is 47.9 Å². The lowest BCUT2D eigenvalue weighted by atomic mass is 10.1. The molecular weight excluding hydrogens is 430 g/mol. The number of aliphatic hydroxyl groups is 1. The molecule has 31 heavy (non-hydrogen) atoms. The summed E-state index contributed by atoms with van der Waals surface area (Å²) in [6, 6.07) is 6.93. The summed E-state index contributed by atoms with van der Waals surface area (Å²) in [6.07, 6.45) is -0.417. The number of nitrogens with zero attached hydrogens (tertiary/aromatic N) is 2. The van der Waals surface area contributed by atoms with E-state index < -0.39 is 22.7 Å². The molecule has 0 saturated carbocycles. The lowest BCUT2D eigenvalue weighted by molar-refractivity contribution is -0.404. The Kier molecular flexibility index (Phi) is 9.76. The van der Waals surface area contributed by atoms with Gasteiger partial charge in [-0.25, -0.2) is 8.78 Å². The summed E-state index contributed by atoms with van der Waals surface area (Å²) >= 11 is 1.60. The van der Waals surface area contributed by atoms with Crippen LogP contribution >= 0.6 is 11.8 Å². The molecule has 0 aliphatic heterocycles. The number of hydrogen-bond donors (Lipinski definition) is 3. The molecule has 1 aromatic carbocycles. The fraction of sp³-hybridized carbons (Fsp3) is 0.400. The van der Waals surface area contributed by atoms with Crippen molar-refractivity contribution in [3.05, 3.63) is 81.2 Å². The third-order valence-corrected chi connectivity index (χ3v) is 5.03. The van der Waals surface area contributed by atoms with Gasteiger partial charge in [0.25, 0.3) is 6.20 Å². The van der Waals surface area contributed by atoms with Gasteiger partial charge in [-0.15, -0.1) is 0 Å². The summed E-state index contributed by atoms with van der Waals surface area (Å²) in [5.74, 6) is 1.10. The van der Waals surface area contributed by atoms with Gasteiger partial charge in [0, 0.05) is 18.8 Å². The van der Waals surface area contributed by atoms with Crippen LogP contribution in [0.3, 0.4) is 0 Å². The van der Waals surface area contributed by atoms with Crippen LogP contribution in [0.15, 0.2) is 46.8 Å². The number of nitrogens with one attached hydrogen (secondary N) is 2. The molecule has 1 atom stereocenters. The summed E-state index contributed by atoms with van der Waals surface area (Å²) in [7, 11) is 3.92. The molecule has 0 saturated heterocycles. The average molecular weight is 457 g/mol. The summed E-state index contributed by atoms with van der Waals surface area (Å²) < 4.78 is 32.0. The van der Waals surface area contributed by atoms with Crippen molar-refractivity contribution >= 4 is 11.8 Å². The molecule has 1 aromatic heterocycles. The Bertz CT molecular complexity index is 892. The number of furan rings is 1. The van der Waals surface area contributed by atoms with Gasteiger partial charge in [-0.3, -0.25) is 10.1 Å². The Hall–Kier alpha value is -2.63. The van der Waals surface area contributed by atoms with E-state index in [1.165, 1.54) is 6.07 Å². The maximum Gasteiger partial charge on any atom is 0.274 e. The van der Waals surface area contributed by atoms with Crippen molar-refractivity contribution in [3.63, 3.8) is 0 Å². The minimum Gasteiger partial charge on any atom is -0.464 e. The molecule has 0 radical (unpaired) electrons. The number of halogens is 2. The van der Waals surface area contributed by atoms with Gasteiger partial charge in [0.05, 0.1) is 23.3 Å². The topological polar surface area (TPSA) is 104 Å². The van der Waals surface area contributed by atoms with Gasteiger partial charge in [0.15, 0.2) is 17.5 Å². The fourth-order valence-electron chi connectivity index (χ4n) is 2.63. The molecule has 0 aliphatic rings. The minimum absolute atomic E-state index is 0.110. The number of benzene rings is 1. The molecule has 8 nitrogen and oxygen atoms in total. The first-order valence-electron chi connectivity index (χ1n) is 9.50. The van der Waals surface area contributed by atoms with Crippen LogP contribution in [0.25, 0.3) is 0 Å². The lowest BCUT2D eigenvalue weighted by Crippen LogP contribution is -2.31. The number of thioether (sulfide) groups is 1. The Morgan fingerprint density at radius 1 is 1.26 bits per heavy atom. The van der Waals surface area contributed by atoms with E-state index in [1.54, 1.807) is 11.8 Å². The van der Waals surface area contributed by atoms with Crippen LogP contribution in [0, 0.1) is 21.7 Å². The number of hydrogen-bond acceptors (Lipinski definition) is 8. The number of rotatable bonds is 13.